The highest BCUT2D eigenvalue weighted by molar-refractivity contribution is 8.00. The largest absolute Gasteiger partial charge is 0.192 e. The van der Waals surface area contributed by atoms with Crippen LogP contribution >= 0.6 is 11.8 Å². The topological polar surface area (TPSA) is 23.8 Å². The summed E-state index contributed by atoms with van der Waals surface area (Å²) in [6.45, 7) is 10.6. The van der Waals surface area contributed by atoms with Crippen molar-refractivity contribution in [3.05, 3.63) is 29.3 Å². The van der Waals surface area contributed by atoms with E-state index in [-0.39, 0.29) is 0 Å². The van der Waals surface area contributed by atoms with Gasteiger partial charge in [-0.25, -0.2) is 0 Å². The molecule has 0 aliphatic rings. The molecule has 0 fully saturated rings. The van der Waals surface area contributed by atoms with Gasteiger partial charge >= 0.3 is 0 Å². The number of hydrogen-bond donors (Lipinski definition) is 0. The molecule has 0 aliphatic carbocycles. The van der Waals surface area contributed by atoms with Crippen LogP contribution in [0.25, 0.3) is 0 Å². The molecule has 0 aromatic heterocycles. The number of nitrogens with zero attached hydrogens (tertiary/aromatic N) is 1. The minimum Gasteiger partial charge on any atom is -0.192 e. The Labute approximate surface area is 104 Å². The Morgan fingerprint density at radius 3 is 2.31 bits per heavy atom. The van der Waals surface area contributed by atoms with Gasteiger partial charge < -0.3 is 0 Å². The summed E-state index contributed by atoms with van der Waals surface area (Å²) < 4.78 is 0. The fraction of sp³-hybridized carbons (Fsp3) is 0.500. The van der Waals surface area contributed by atoms with Crippen LogP contribution in [0, 0.1) is 18.3 Å². The van der Waals surface area contributed by atoms with Crippen molar-refractivity contribution in [3.8, 4) is 6.07 Å². The minimum absolute atomic E-state index is 0.522. The van der Waals surface area contributed by atoms with E-state index in [1.54, 1.807) is 11.8 Å². The van der Waals surface area contributed by atoms with Gasteiger partial charge in [0.05, 0.1) is 5.56 Å². The zero-order chi connectivity index (χ0) is 12.6. The van der Waals surface area contributed by atoms with Crippen LogP contribution in [0.15, 0.2) is 23.1 Å². The zero-order valence-electron chi connectivity index (χ0n) is 10.9. The third kappa shape index (κ3) is 5.82. The average Bonchev–Trinajstić information content (AvgIpc) is 2.18. The summed E-state index contributed by atoms with van der Waals surface area (Å²) in [6, 6.07) is 8.14. The van der Waals surface area contributed by atoms with Crippen molar-refractivity contribution in [2.45, 2.75) is 51.2 Å². The van der Waals surface area contributed by atoms with E-state index < -0.39 is 0 Å². The van der Waals surface area contributed by atoms with Gasteiger partial charge in [-0.2, -0.15) is 5.26 Å². The third-order valence-corrected chi connectivity index (χ3v) is 2.68. The first-order chi connectivity index (χ1) is 7.54. The Kier molecular flexibility index (Phi) is 7.76. The highest BCUT2D eigenvalue weighted by atomic mass is 32.2. The maximum Gasteiger partial charge on any atom is 0.100 e. The van der Waals surface area contributed by atoms with E-state index in [2.05, 4.69) is 39.8 Å². The van der Waals surface area contributed by atoms with Crippen LogP contribution < -0.4 is 0 Å². The summed E-state index contributed by atoms with van der Waals surface area (Å²) in [6.07, 6.45) is 1.25. The van der Waals surface area contributed by atoms with Crippen LogP contribution in [0.4, 0.5) is 0 Å². The first-order valence-corrected chi connectivity index (χ1v) is 6.60. The predicted octanol–water partition coefficient (Wildman–Crippen LogP) is 4.78. The third-order valence-electron chi connectivity index (χ3n) is 1.62. The number of benzene rings is 1. The van der Waals surface area contributed by atoms with Crippen molar-refractivity contribution in [1.82, 2.24) is 0 Å². The quantitative estimate of drug-likeness (QED) is 0.689. The van der Waals surface area contributed by atoms with Gasteiger partial charge in [0.25, 0.3) is 0 Å². The number of thioether (sulfide) groups is 1. The molecular formula is C14H21NS. The first-order valence-electron chi connectivity index (χ1n) is 5.72. The van der Waals surface area contributed by atoms with Crippen molar-refractivity contribution >= 4 is 11.8 Å². The Bertz CT molecular complexity index is 350. The molecule has 0 bridgehead atoms. The van der Waals surface area contributed by atoms with Crippen LogP contribution in [0.1, 0.15) is 45.2 Å². The second kappa shape index (κ2) is 8.24. The lowest BCUT2D eigenvalue weighted by Gasteiger charge is -2.07. The molecule has 0 heterocycles. The fourth-order valence-corrected chi connectivity index (χ4v) is 2.08. The van der Waals surface area contributed by atoms with Crippen LogP contribution in [0.2, 0.25) is 0 Å². The molecule has 0 atom stereocenters. The predicted molar refractivity (Wildman–Crippen MR) is 72.9 cm³/mol. The SMILES string of the molecule is CCC.Cc1ccc(C#N)c(SC(C)C)c1. The van der Waals surface area contributed by atoms with E-state index in [0.717, 1.165) is 10.5 Å². The number of hydrogen-bond acceptors (Lipinski definition) is 2. The second-order valence-electron chi connectivity index (χ2n) is 3.99. The smallest absolute Gasteiger partial charge is 0.100 e. The zero-order valence-corrected chi connectivity index (χ0v) is 11.7. The van der Waals surface area contributed by atoms with Crippen molar-refractivity contribution in [2.75, 3.05) is 0 Å². The molecule has 0 radical (unpaired) electrons. The van der Waals surface area contributed by atoms with Gasteiger partial charge in [-0.05, 0) is 24.6 Å². The average molecular weight is 235 g/mol. The molecule has 0 spiro atoms. The van der Waals surface area contributed by atoms with Gasteiger partial charge in [-0.1, -0.05) is 40.2 Å². The van der Waals surface area contributed by atoms with Gasteiger partial charge in [0.1, 0.15) is 6.07 Å². The van der Waals surface area contributed by atoms with E-state index in [4.69, 9.17) is 5.26 Å². The number of nitriles is 1. The lowest BCUT2D eigenvalue weighted by atomic mass is 10.2. The Morgan fingerprint density at radius 1 is 1.31 bits per heavy atom. The van der Waals surface area contributed by atoms with Crippen LogP contribution in [0.5, 0.6) is 0 Å². The van der Waals surface area contributed by atoms with Crippen molar-refractivity contribution in [1.29, 1.82) is 5.26 Å². The van der Waals surface area contributed by atoms with E-state index in [1.807, 2.05) is 19.1 Å². The molecule has 2 heteroatoms. The molecule has 1 aromatic carbocycles. The van der Waals surface area contributed by atoms with E-state index in [0.29, 0.717) is 5.25 Å². The summed E-state index contributed by atoms with van der Waals surface area (Å²) >= 11 is 1.74. The molecule has 0 amide bonds. The summed E-state index contributed by atoms with van der Waals surface area (Å²) in [4.78, 5) is 1.09. The molecule has 0 saturated heterocycles. The van der Waals surface area contributed by atoms with E-state index in [9.17, 15) is 0 Å². The van der Waals surface area contributed by atoms with E-state index >= 15 is 0 Å². The monoisotopic (exact) mass is 235 g/mol. The van der Waals surface area contributed by atoms with Crippen molar-refractivity contribution in [2.24, 2.45) is 0 Å². The Morgan fingerprint density at radius 2 is 1.88 bits per heavy atom. The van der Waals surface area contributed by atoms with Crippen LogP contribution in [-0.4, -0.2) is 5.25 Å². The maximum atomic E-state index is 8.86. The maximum absolute atomic E-state index is 8.86. The van der Waals surface area contributed by atoms with Crippen LogP contribution in [0.3, 0.4) is 0 Å². The van der Waals surface area contributed by atoms with Gasteiger partial charge in [-0.15, -0.1) is 11.8 Å². The first kappa shape index (κ1) is 15.1. The lowest BCUT2D eigenvalue weighted by Crippen LogP contribution is -1.89. The molecule has 1 nitrogen and oxygen atoms in total. The summed E-state index contributed by atoms with van der Waals surface area (Å²) in [5.41, 5.74) is 1.99. The van der Waals surface area contributed by atoms with Gasteiger partial charge in [0.2, 0.25) is 0 Å². The number of rotatable bonds is 2. The second-order valence-corrected chi connectivity index (χ2v) is 5.60. The van der Waals surface area contributed by atoms with Crippen molar-refractivity contribution < 1.29 is 0 Å². The lowest BCUT2D eigenvalue weighted by molar-refractivity contribution is 1.09. The van der Waals surface area contributed by atoms with Crippen LogP contribution in [-0.2, 0) is 0 Å². The molecule has 0 N–H and O–H groups in total. The standard InChI is InChI=1S/C11H13NS.C3H8/c1-8(2)13-11-6-9(3)4-5-10(11)7-12;1-3-2/h4-6,8H,1-3H3;3H2,1-2H3. The summed E-state index contributed by atoms with van der Waals surface area (Å²) in [5.74, 6) is 0. The fourth-order valence-electron chi connectivity index (χ4n) is 1.07. The molecule has 1 rings (SSSR count). The molecular weight excluding hydrogens is 214 g/mol. The molecule has 0 unspecified atom stereocenters. The minimum atomic E-state index is 0.522. The number of aryl methyl sites for hydroxylation is 1. The summed E-state index contributed by atoms with van der Waals surface area (Å²) in [5, 5.41) is 9.38. The molecule has 0 saturated carbocycles. The van der Waals surface area contributed by atoms with Crippen molar-refractivity contribution in [3.63, 3.8) is 0 Å². The molecule has 88 valence electrons. The molecule has 1 aromatic rings. The van der Waals surface area contributed by atoms with Gasteiger partial charge in [0.15, 0.2) is 0 Å². The Balaban J connectivity index is 0.000000673. The highest BCUT2D eigenvalue weighted by Crippen LogP contribution is 2.26. The highest BCUT2D eigenvalue weighted by Gasteiger charge is 2.04. The van der Waals surface area contributed by atoms with Gasteiger partial charge in [0, 0.05) is 10.1 Å². The Hall–Kier alpha value is -0.940. The summed E-state index contributed by atoms with van der Waals surface area (Å²) in [7, 11) is 0. The molecule has 0 aliphatic heterocycles. The molecule has 16 heavy (non-hydrogen) atoms. The van der Waals surface area contributed by atoms with E-state index in [1.165, 1.54) is 12.0 Å². The van der Waals surface area contributed by atoms with Gasteiger partial charge in [-0.3, -0.25) is 0 Å². The normalized spacial score (nSPS) is 9.31.